The minimum atomic E-state index is 0.392. The Balaban J connectivity index is 1.34. The molecule has 27 heavy (non-hydrogen) atoms. The number of hydrogen-bond donors (Lipinski definition) is 2. The molecule has 1 aliphatic carbocycles. The first-order valence-electron chi connectivity index (χ1n) is 10.1. The van der Waals surface area contributed by atoms with Crippen molar-refractivity contribution in [1.82, 2.24) is 15.6 Å². The van der Waals surface area contributed by atoms with E-state index in [4.69, 9.17) is 9.41 Å². The fourth-order valence-corrected chi connectivity index (χ4v) is 3.95. The fraction of sp³-hybridized carbons (Fsp3) is 0.524. The average molecular weight is 367 g/mol. The summed E-state index contributed by atoms with van der Waals surface area (Å²) in [6.45, 7) is 2.71. The molecule has 2 aromatic heterocycles. The first-order valence-corrected chi connectivity index (χ1v) is 10.1. The number of aromatic nitrogens is 1. The lowest BCUT2D eigenvalue weighted by Crippen LogP contribution is -2.47. The van der Waals surface area contributed by atoms with Gasteiger partial charge in [0.05, 0.1) is 6.26 Å². The van der Waals surface area contributed by atoms with Gasteiger partial charge in [0.15, 0.2) is 5.96 Å². The molecule has 0 radical (unpaired) electrons. The SMILES string of the molecule is c1ccc(N2CCC(NC(=NCCc3ccco3)NC3CCCC3)C2)nc1. The topological polar surface area (TPSA) is 65.7 Å². The van der Waals surface area contributed by atoms with Crippen molar-refractivity contribution in [2.75, 3.05) is 24.5 Å². The summed E-state index contributed by atoms with van der Waals surface area (Å²) >= 11 is 0. The van der Waals surface area contributed by atoms with Crippen LogP contribution in [0.15, 0.2) is 52.2 Å². The molecule has 2 aromatic rings. The van der Waals surface area contributed by atoms with E-state index in [1.807, 2.05) is 30.5 Å². The summed E-state index contributed by atoms with van der Waals surface area (Å²) in [5.41, 5.74) is 0. The Kier molecular flexibility index (Phi) is 5.92. The molecule has 6 heteroatoms. The summed E-state index contributed by atoms with van der Waals surface area (Å²) in [5.74, 6) is 2.99. The van der Waals surface area contributed by atoms with E-state index in [-0.39, 0.29) is 0 Å². The van der Waals surface area contributed by atoms with Gasteiger partial charge in [-0.25, -0.2) is 4.98 Å². The third kappa shape index (κ3) is 5.02. The molecular formula is C21H29N5O. The summed E-state index contributed by atoms with van der Waals surface area (Å²) in [5, 5.41) is 7.31. The predicted octanol–water partition coefficient (Wildman–Crippen LogP) is 2.97. The molecule has 2 fully saturated rings. The van der Waals surface area contributed by atoms with E-state index in [1.165, 1.54) is 25.7 Å². The molecule has 1 atom stereocenters. The van der Waals surface area contributed by atoms with Gasteiger partial charge in [0, 0.05) is 44.3 Å². The molecule has 1 aliphatic heterocycles. The van der Waals surface area contributed by atoms with Gasteiger partial charge in [0.25, 0.3) is 0 Å². The molecule has 0 amide bonds. The maximum absolute atomic E-state index is 5.42. The second-order valence-electron chi connectivity index (χ2n) is 7.45. The predicted molar refractivity (Wildman–Crippen MR) is 108 cm³/mol. The van der Waals surface area contributed by atoms with Crippen LogP contribution >= 0.6 is 0 Å². The average Bonchev–Trinajstić information content (AvgIpc) is 3.46. The molecule has 6 nitrogen and oxygen atoms in total. The normalized spacial score (nSPS) is 21.0. The number of nitrogens with one attached hydrogen (secondary N) is 2. The number of furan rings is 1. The highest BCUT2D eigenvalue weighted by atomic mass is 16.3. The van der Waals surface area contributed by atoms with Gasteiger partial charge < -0.3 is 20.0 Å². The van der Waals surface area contributed by atoms with Crippen LogP contribution in [0.1, 0.15) is 37.9 Å². The van der Waals surface area contributed by atoms with E-state index in [1.54, 1.807) is 6.26 Å². The van der Waals surface area contributed by atoms with Crippen molar-refractivity contribution in [3.8, 4) is 0 Å². The van der Waals surface area contributed by atoms with Crippen molar-refractivity contribution in [2.45, 2.75) is 50.6 Å². The van der Waals surface area contributed by atoms with Gasteiger partial charge in [-0.2, -0.15) is 0 Å². The van der Waals surface area contributed by atoms with E-state index in [9.17, 15) is 0 Å². The second kappa shape index (κ2) is 8.93. The lowest BCUT2D eigenvalue weighted by atomic mass is 10.2. The van der Waals surface area contributed by atoms with Gasteiger partial charge in [-0.3, -0.25) is 4.99 Å². The van der Waals surface area contributed by atoms with Crippen LogP contribution in [-0.4, -0.2) is 42.7 Å². The number of hydrogen-bond acceptors (Lipinski definition) is 4. The number of guanidine groups is 1. The molecule has 1 unspecified atom stereocenters. The Hall–Kier alpha value is -2.50. The molecule has 4 rings (SSSR count). The van der Waals surface area contributed by atoms with Crippen molar-refractivity contribution < 1.29 is 4.42 Å². The molecule has 2 aliphatic rings. The number of pyridine rings is 1. The summed E-state index contributed by atoms with van der Waals surface area (Å²) in [7, 11) is 0. The lowest BCUT2D eigenvalue weighted by molar-refractivity contribution is 0.510. The van der Waals surface area contributed by atoms with Crippen molar-refractivity contribution in [2.24, 2.45) is 4.99 Å². The Morgan fingerprint density at radius 2 is 2.00 bits per heavy atom. The zero-order chi connectivity index (χ0) is 18.3. The van der Waals surface area contributed by atoms with Gasteiger partial charge in [-0.05, 0) is 43.5 Å². The molecule has 1 saturated carbocycles. The highest BCUT2D eigenvalue weighted by Gasteiger charge is 2.25. The van der Waals surface area contributed by atoms with Crippen LogP contribution in [0, 0.1) is 0 Å². The third-order valence-electron chi connectivity index (χ3n) is 5.41. The monoisotopic (exact) mass is 367 g/mol. The summed E-state index contributed by atoms with van der Waals surface area (Å²) in [6.07, 6.45) is 10.6. The Bertz CT molecular complexity index is 709. The first kappa shape index (κ1) is 17.9. The van der Waals surface area contributed by atoms with Crippen molar-refractivity contribution >= 4 is 11.8 Å². The van der Waals surface area contributed by atoms with Crippen molar-refractivity contribution in [1.29, 1.82) is 0 Å². The minimum Gasteiger partial charge on any atom is -0.469 e. The fourth-order valence-electron chi connectivity index (χ4n) is 3.95. The van der Waals surface area contributed by atoms with Crippen LogP contribution < -0.4 is 15.5 Å². The van der Waals surface area contributed by atoms with Crippen LogP contribution in [0.5, 0.6) is 0 Å². The van der Waals surface area contributed by atoms with Gasteiger partial charge >= 0.3 is 0 Å². The summed E-state index contributed by atoms with van der Waals surface area (Å²) in [4.78, 5) is 11.6. The molecule has 0 aromatic carbocycles. The highest BCUT2D eigenvalue weighted by molar-refractivity contribution is 5.80. The summed E-state index contributed by atoms with van der Waals surface area (Å²) < 4.78 is 5.42. The molecule has 0 bridgehead atoms. The molecule has 0 spiro atoms. The highest BCUT2D eigenvalue weighted by Crippen LogP contribution is 2.19. The molecular weight excluding hydrogens is 338 g/mol. The Labute approximate surface area is 161 Å². The molecule has 2 N–H and O–H groups in total. The largest absolute Gasteiger partial charge is 0.469 e. The second-order valence-corrected chi connectivity index (χ2v) is 7.45. The van der Waals surface area contributed by atoms with Gasteiger partial charge in [0.2, 0.25) is 0 Å². The maximum Gasteiger partial charge on any atom is 0.191 e. The van der Waals surface area contributed by atoms with E-state index >= 15 is 0 Å². The van der Waals surface area contributed by atoms with Crippen LogP contribution in [0.25, 0.3) is 0 Å². The van der Waals surface area contributed by atoms with Crippen LogP contribution in [0.4, 0.5) is 5.82 Å². The quantitative estimate of drug-likeness (QED) is 0.607. The van der Waals surface area contributed by atoms with E-state index in [0.29, 0.717) is 12.1 Å². The van der Waals surface area contributed by atoms with Crippen molar-refractivity contribution in [3.63, 3.8) is 0 Å². The number of anilines is 1. The molecule has 144 valence electrons. The van der Waals surface area contributed by atoms with Crippen LogP contribution in [0.2, 0.25) is 0 Å². The van der Waals surface area contributed by atoms with E-state index in [2.05, 4.69) is 26.6 Å². The van der Waals surface area contributed by atoms with Crippen molar-refractivity contribution in [3.05, 3.63) is 48.6 Å². The Morgan fingerprint density at radius 1 is 1.11 bits per heavy atom. The minimum absolute atomic E-state index is 0.392. The van der Waals surface area contributed by atoms with Gasteiger partial charge in [-0.1, -0.05) is 18.9 Å². The van der Waals surface area contributed by atoms with Crippen LogP contribution in [-0.2, 0) is 6.42 Å². The lowest BCUT2D eigenvalue weighted by Gasteiger charge is -2.22. The number of aliphatic imine (C=N–C) groups is 1. The zero-order valence-corrected chi connectivity index (χ0v) is 15.8. The number of nitrogens with zero attached hydrogens (tertiary/aromatic N) is 3. The zero-order valence-electron chi connectivity index (χ0n) is 15.8. The first-order chi connectivity index (χ1) is 13.4. The maximum atomic E-state index is 5.42. The number of rotatable bonds is 6. The van der Waals surface area contributed by atoms with E-state index < -0.39 is 0 Å². The Morgan fingerprint density at radius 3 is 2.78 bits per heavy atom. The van der Waals surface area contributed by atoms with Gasteiger partial charge in [-0.15, -0.1) is 0 Å². The smallest absolute Gasteiger partial charge is 0.191 e. The van der Waals surface area contributed by atoms with Gasteiger partial charge in [0.1, 0.15) is 11.6 Å². The third-order valence-corrected chi connectivity index (χ3v) is 5.41. The summed E-state index contributed by atoms with van der Waals surface area (Å²) in [6, 6.07) is 11.0. The van der Waals surface area contributed by atoms with Crippen LogP contribution in [0.3, 0.4) is 0 Å². The standard InChI is InChI=1S/C21H29N5O/c1-2-7-17(6-1)24-21(23-13-10-19-8-5-15-27-19)25-18-11-14-26(16-18)20-9-3-4-12-22-20/h3-5,8-9,12,15,17-18H,1-2,6-7,10-11,13-14,16H2,(H2,23,24,25). The molecule has 3 heterocycles. The van der Waals surface area contributed by atoms with E-state index in [0.717, 1.165) is 50.0 Å². The molecule has 1 saturated heterocycles.